The van der Waals surface area contributed by atoms with Crippen LogP contribution in [0.4, 0.5) is 0 Å². The van der Waals surface area contributed by atoms with E-state index in [9.17, 15) is 4.79 Å². The van der Waals surface area contributed by atoms with Gasteiger partial charge in [0.25, 0.3) is 0 Å². The number of fused-ring (bicyclic) bond motifs is 3. The molecule has 0 spiro atoms. The number of rotatable bonds is 8. The maximum Gasteiger partial charge on any atom is 0.233 e. The van der Waals surface area contributed by atoms with E-state index in [-0.39, 0.29) is 5.91 Å². The number of nitrogens with zero attached hydrogens (tertiary/aromatic N) is 4. The molecular formula is C27H23Cl2N5OS. The maximum atomic E-state index is 12.7. The van der Waals surface area contributed by atoms with Crippen molar-refractivity contribution in [2.45, 2.75) is 30.3 Å². The van der Waals surface area contributed by atoms with Crippen LogP contribution in [0.1, 0.15) is 18.1 Å². The number of carbonyl (C=O) groups is 1. The second-order valence-corrected chi connectivity index (χ2v) is 10.5. The van der Waals surface area contributed by atoms with Crippen LogP contribution in [0.2, 0.25) is 10.0 Å². The van der Waals surface area contributed by atoms with Crippen molar-refractivity contribution in [3.05, 3.63) is 94.0 Å². The molecule has 182 valence electrons. The van der Waals surface area contributed by atoms with E-state index in [4.69, 9.17) is 28.2 Å². The SMILES string of the molecule is CC(Sc1nnc2c3ccccc3n(Cc3ccccc3)c2n1)C(=O)NCCc1ccc(Cl)cc1Cl. The van der Waals surface area contributed by atoms with Crippen molar-refractivity contribution in [1.82, 2.24) is 25.1 Å². The maximum absolute atomic E-state index is 12.7. The van der Waals surface area contributed by atoms with Crippen molar-refractivity contribution >= 4 is 62.9 Å². The summed E-state index contributed by atoms with van der Waals surface area (Å²) < 4.78 is 2.15. The second kappa shape index (κ2) is 10.9. The second-order valence-electron chi connectivity index (χ2n) is 8.39. The van der Waals surface area contributed by atoms with Gasteiger partial charge in [0.05, 0.1) is 10.8 Å². The molecule has 0 aliphatic heterocycles. The summed E-state index contributed by atoms with van der Waals surface area (Å²) in [6.07, 6.45) is 0.614. The average molecular weight is 536 g/mol. The monoisotopic (exact) mass is 535 g/mol. The summed E-state index contributed by atoms with van der Waals surface area (Å²) in [5.74, 6) is -0.0985. The molecule has 2 aromatic heterocycles. The quantitative estimate of drug-likeness (QED) is 0.240. The van der Waals surface area contributed by atoms with E-state index in [1.165, 1.54) is 17.3 Å². The number of halogens is 2. The molecule has 3 aromatic carbocycles. The van der Waals surface area contributed by atoms with Crippen LogP contribution in [0.15, 0.2) is 78.0 Å². The Labute approximate surface area is 223 Å². The number of carbonyl (C=O) groups excluding carboxylic acids is 1. The van der Waals surface area contributed by atoms with Crippen molar-refractivity contribution in [1.29, 1.82) is 0 Å². The first-order chi connectivity index (χ1) is 17.5. The number of hydrogen-bond donors (Lipinski definition) is 1. The van der Waals surface area contributed by atoms with Gasteiger partial charge in [0, 0.05) is 28.5 Å². The zero-order valence-corrected chi connectivity index (χ0v) is 21.8. The molecule has 2 heterocycles. The molecule has 0 aliphatic carbocycles. The minimum atomic E-state index is -0.392. The minimum absolute atomic E-state index is 0.0985. The standard InChI is InChI=1S/C27H23Cl2N5OS/c1-17(26(35)30-14-13-19-11-12-20(28)15-22(19)29)36-27-31-25-24(32-33-27)21-9-5-6-10-23(21)34(25)16-18-7-3-2-4-8-18/h2-12,15,17H,13-14,16H2,1H3,(H,30,35). The van der Waals surface area contributed by atoms with Gasteiger partial charge in [0.2, 0.25) is 11.1 Å². The Morgan fingerprint density at radius 3 is 2.61 bits per heavy atom. The topological polar surface area (TPSA) is 72.7 Å². The number of aromatic nitrogens is 4. The van der Waals surface area contributed by atoms with Gasteiger partial charge < -0.3 is 9.88 Å². The molecule has 5 rings (SSSR count). The third kappa shape index (κ3) is 5.33. The van der Waals surface area contributed by atoms with Gasteiger partial charge >= 0.3 is 0 Å². The average Bonchev–Trinajstić information content (AvgIpc) is 3.18. The molecule has 36 heavy (non-hydrogen) atoms. The molecule has 1 N–H and O–H groups in total. The van der Waals surface area contributed by atoms with E-state index in [0.29, 0.717) is 34.7 Å². The van der Waals surface area contributed by atoms with E-state index < -0.39 is 5.25 Å². The lowest BCUT2D eigenvalue weighted by Gasteiger charge is -2.12. The lowest BCUT2D eigenvalue weighted by atomic mass is 10.1. The van der Waals surface area contributed by atoms with Crippen LogP contribution >= 0.6 is 35.0 Å². The van der Waals surface area contributed by atoms with Gasteiger partial charge in [0.15, 0.2) is 5.65 Å². The van der Waals surface area contributed by atoms with Gasteiger partial charge in [-0.05, 0) is 42.7 Å². The van der Waals surface area contributed by atoms with Gasteiger partial charge in [-0.15, -0.1) is 10.2 Å². The molecule has 0 fully saturated rings. The predicted octanol–water partition coefficient (Wildman–Crippen LogP) is 6.17. The van der Waals surface area contributed by atoms with E-state index in [0.717, 1.165) is 27.6 Å². The lowest BCUT2D eigenvalue weighted by Crippen LogP contribution is -2.32. The molecule has 0 saturated heterocycles. The molecule has 6 nitrogen and oxygen atoms in total. The summed E-state index contributed by atoms with van der Waals surface area (Å²) in [6.45, 7) is 2.97. The number of thioether (sulfide) groups is 1. The summed E-state index contributed by atoms with van der Waals surface area (Å²) in [5.41, 5.74) is 4.66. The Morgan fingerprint density at radius 2 is 1.81 bits per heavy atom. The molecule has 0 saturated carbocycles. The lowest BCUT2D eigenvalue weighted by molar-refractivity contribution is -0.120. The largest absolute Gasteiger partial charge is 0.355 e. The number of para-hydroxylation sites is 1. The Bertz CT molecular complexity index is 1540. The summed E-state index contributed by atoms with van der Waals surface area (Å²) in [7, 11) is 0. The van der Waals surface area contributed by atoms with Crippen molar-refractivity contribution in [3.63, 3.8) is 0 Å². The van der Waals surface area contributed by atoms with Crippen LogP contribution < -0.4 is 5.32 Å². The van der Waals surface area contributed by atoms with Crippen LogP contribution in [0, 0.1) is 0 Å². The van der Waals surface area contributed by atoms with Crippen molar-refractivity contribution in [2.24, 2.45) is 0 Å². The Hall–Kier alpha value is -3.13. The first-order valence-electron chi connectivity index (χ1n) is 11.5. The fourth-order valence-electron chi connectivity index (χ4n) is 4.07. The number of amides is 1. The zero-order chi connectivity index (χ0) is 25.1. The number of nitrogens with one attached hydrogen (secondary N) is 1. The first-order valence-corrected chi connectivity index (χ1v) is 13.2. The molecule has 1 amide bonds. The van der Waals surface area contributed by atoms with E-state index in [2.05, 4.69) is 38.3 Å². The molecule has 9 heteroatoms. The third-order valence-corrected chi connectivity index (χ3v) is 7.44. The van der Waals surface area contributed by atoms with Crippen LogP contribution in [-0.4, -0.2) is 37.5 Å². The highest BCUT2D eigenvalue weighted by Gasteiger charge is 2.19. The zero-order valence-electron chi connectivity index (χ0n) is 19.5. The van der Waals surface area contributed by atoms with Crippen LogP contribution in [0.3, 0.4) is 0 Å². The van der Waals surface area contributed by atoms with E-state index in [1.807, 2.05) is 49.4 Å². The van der Waals surface area contributed by atoms with Crippen LogP contribution in [0.5, 0.6) is 0 Å². The van der Waals surface area contributed by atoms with Gasteiger partial charge in [0.1, 0.15) is 5.52 Å². The summed E-state index contributed by atoms with van der Waals surface area (Å²) in [4.78, 5) is 17.5. The Morgan fingerprint density at radius 1 is 1.03 bits per heavy atom. The smallest absolute Gasteiger partial charge is 0.233 e. The minimum Gasteiger partial charge on any atom is -0.355 e. The number of benzene rings is 3. The molecular weight excluding hydrogens is 513 g/mol. The highest BCUT2D eigenvalue weighted by Crippen LogP contribution is 2.29. The number of hydrogen-bond acceptors (Lipinski definition) is 5. The fraction of sp³-hybridized carbons (Fsp3) is 0.185. The molecule has 0 bridgehead atoms. The Balaban J connectivity index is 1.32. The predicted molar refractivity (Wildman–Crippen MR) is 147 cm³/mol. The van der Waals surface area contributed by atoms with Gasteiger partial charge in [-0.25, -0.2) is 4.98 Å². The summed E-state index contributed by atoms with van der Waals surface area (Å²) >= 11 is 13.5. The molecule has 5 aromatic rings. The van der Waals surface area contributed by atoms with Crippen molar-refractivity contribution < 1.29 is 4.79 Å². The summed E-state index contributed by atoms with van der Waals surface area (Å²) in [6, 6.07) is 23.7. The van der Waals surface area contributed by atoms with Gasteiger partial charge in [-0.2, -0.15) is 0 Å². The van der Waals surface area contributed by atoms with Crippen LogP contribution in [-0.2, 0) is 17.8 Å². The van der Waals surface area contributed by atoms with Crippen LogP contribution in [0.25, 0.3) is 22.1 Å². The van der Waals surface area contributed by atoms with E-state index >= 15 is 0 Å². The molecule has 1 unspecified atom stereocenters. The fourth-order valence-corrected chi connectivity index (χ4v) is 5.30. The van der Waals surface area contributed by atoms with Crippen molar-refractivity contribution in [2.75, 3.05) is 6.54 Å². The normalized spacial score (nSPS) is 12.2. The van der Waals surface area contributed by atoms with Crippen molar-refractivity contribution in [3.8, 4) is 0 Å². The molecule has 1 atom stereocenters. The first kappa shape index (κ1) is 24.6. The molecule has 0 aliphatic rings. The highest BCUT2D eigenvalue weighted by molar-refractivity contribution is 8.00. The third-order valence-electron chi connectivity index (χ3n) is 5.90. The van der Waals surface area contributed by atoms with E-state index in [1.54, 1.807) is 12.1 Å². The summed E-state index contributed by atoms with van der Waals surface area (Å²) in [5, 5.41) is 14.0. The highest BCUT2D eigenvalue weighted by atomic mass is 35.5. The van der Waals surface area contributed by atoms with Gasteiger partial charge in [-0.1, -0.05) is 89.6 Å². The van der Waals surface area contributed by atoms with Gasteiger partial charge in [-0.3, -0.25) is 4.79 Å². The molecule has 0 radical (unpaired) electrons. The Kier molecular flexibility index (Phi) is 7.41.